The molecule has 2 N–H and O–H groups in total. The summed E-state index contributed by atoms with van der Waals surface area (Å²) < 4.78 is 2.13. The first-order valence-corrected chi connectivity index (χ1v) is 9.94. The Morgan fingerprint density at radius 1 is 1.07 bits per heavy atom. The van der Waals surface area contributed by atoms with Crippen LogP contribution in [0.15, 0.2) is 48.5 Å². The maximum absolute atomic E-state index is 12.6. The van der Waals surface area contributed by atoms with E-state index in [9.17, 15) is 4.79 Å². The third-order valence-electron chi connectivity index (χ3n) is 5.24. The van der Waals surface area contributed by atoms with Gasteiger partial charge < -0.3 is 9.47 Å². The SMILES string of the molecule is O=C(Nc1nc2ccccc2n1CC[NH+]1CCCCC1)c1ccc(Cl)cc1. The largest absolute Gasteiger partial charge is 0.333 e. The van der Waals surface area contributed by atoms with Crippen molar-refractivity contribution in [3.05, 3.63) is 59.1 Å². The molecule has 0 atom stereocenters. The predicted molar refractivity (Wildman–Crippen MR) is 109 cm³/mol. The molecule has 4 rings (SSSR count). The predicted octanol–water partition coefficient (Wildman–Crippen LogP) is 3.01. The van der Waals surface area contributed by atoms with E-state index < -0.39 is 0 Å². The Morgan fingerprint density at radius 2 is 1.81 bits per heavy atom. The number of aromatic nitrogens is 2. The van der Waals surface area contributed by atoms with Gasteiger partial charge in [0.25, 0.3) is 5.91 Å². The maximum atomic E-state index is 12.6. The second kappa shape index (κ2) is 8.11. The van der Waals surface area contributed by atoms with Crippen LogP contribution in [-0.2, 0) is 6.54 Å². The summed E-state index contributed by atoms with van der Waals surface area (Å²) in [7, 11) is 0. The molecule has 1 aromatic heterocycles. The Balaban J connectivity index is 1.57. The number of hydrogen-bond acceptors (Lipinski definition) is 2. The molecule has 1 saturated heterocycles. The number of benzene rings is 2. The number of likely N-dealkylation sites (tertiary alicyclic amines) is 1. The van der Waals surface area contributed by atoms with Crippen molar-refractivity contribution < 1.29 is 9.69 Å². The van der Waals surface area contributed by atoms with Gasteiger partial charge in [0.05, 0.1) is 37.2 Å². The molecule has 1 aliphatic rings. The van der Waals surface area contributed by atoms with Crippen molar-refractivity contribution in [2.45, 2.75) is 25.8 Å². The summed E-state index contributed by atoms with van der Waals surface area (Å²) in [6, 6.07) is 14.9. The molecule has 3 aromatic rings. The number of quaternary nitrogens is 1. The molecule has 5 nitrogen and oxygen atoms in total. The summed E-state index contributed by atoms with van der Waals surface area (Å²) in [5.41, 5.74) is 2.53. The molecule has 6 heteroatoms. The van der Waals surface area contributed by atoms with Crippen LogP contribution in [0.2, 0.25) is 5.02 Å². The van der Waals surface area contributed by atoms with Gasteiger partial charge in [-0.3, -0.25) is 10.1 Å². The minimum atomic E-state index is -0.173. The van der Waals surface area contributed by atoms with Gasteiger partial charge >= 0.3 is 0 Å². The summed E-state index contributed by atoms with van der Waals surface area (Å²) in [4.78, 5) is 18.9. The average molecular weight is 384 g/mol. The number of anilines is 1. The molecule has 0 radical (unpaired) electrons. The van der Waals surface area contributed by atoms with E-state index in [2.05, 4.69) is 20.9 Å². The lowest BCUT2D eigenvalue weighted by molar-refractivity contribution is -0.905. The lowest BCUT2D eigenvalue weighted by atomic mass is 10.1. The molecule has 1 aliphatic heterocycles. The fraction of sp³-hybridized carbons (Fsp3) is 0.333. The van der Waals surface area contributed by atoms with Crippen LogP contribution in [0.5, 0.6) is 0 Å². The average Bonchev–Trinajstić information content (AvgIpc) is 3.04. The lowest BCUT2D eigenvalue weighted by Crippen LogP contribution is -3.13. The number of para-hydroxylation sites is 2. The van der Waals surface area contributed by atoms with Crippen LogP contribution in [0.25, 0.3) is 11.0 Å². The van der Waals surface area contributed by atoms with Crippen LogP contribution in [-0.4, -0.2) is 35.1 Å². The first-order valence-electron chi connectivity index (χ1n) is 9.56. The van der Waals surface area contributed by atoms with Gasteiger partial charge in [-0.25, -0.2) is 4.98 Å². The zero-order valence-electron chi connectivity index (χ0n) is 15.2. The minimum absolute atomic E-state index is 0.173. The summed E-state index contributed by atoms with van der Waals surface area (Å²) >= 11 is 5.92. The van der Waals surface area contributed by atoms with Gasteiger partial charge in [0.15, 0.2) is 0 Å². The summed E-state index contributed by atoms with van der Waals surface area (Å²) in [5.74, 6) is 0.432. The van der Waals surface area contributed by atoms with E-state index in [1.807, 2.05) is 18.2 Å². The Hall–Kier alpha value is -2.37. The highest BCUT2D eigenvalue weighted by molar-refractivity contribution is 6.30. The van der Waals surface area contributed by atoms with E-state index in [4.69, 9.17) is 11.6 Å². The Morgan fingerprint density at radius 3 is 2.59 bits per heavy atom. The maximum Gasteiger partial charge on any atom is 0.257 e. The fourth-order valence-electron chi connectivity index (χ4n) is 3.74. The molecule has 27 heavy (non-hydrogen) atoms. The number of fused-ring (bicyclic) bond motifs is 1. The molecule has 2 heterocycles. The van der Waals surface area contributed by atoms with Crippen LogP contribution in [0.1, 0.15) is 29.6 Å². The third-order valence-corrected chi connectivity index (χ3v) is 5.49. The Bertz CT molecular complexity index is 929. The second-order valence-electron chi connectivity index (χ2n) is 7.10. The zero-order chi connectivity index (χ0) is 18.6. The normalized spacial score (nSPS) is 15.1. The summed E-state index contributed by atoms with van der Waals surface area (Å²) in [6.45, 7) is 4.36. The number of nitrogens with zero attached hydrogens (tertiary/aromatic N) is 2. The monoisotopic (exact) mass is 383 g/mol. The van der Waals surface area contributed by atoms with E-state index in [0.29, 0.717) is 16.5 Å². The number of hydrogen-bond donors (Lipinski definition) is 2. The van der Waals surface area contributed by atoms with Gasteiger partial charge in [0, 0.05) is 10.6 Å². The van der Waals surface area contributed by atoms with Gasteiger partial charge in [-0.2, -0.15) is 0 Å². The quantitative estimate of drug-likeness (QED) is 0.711. The van der Waals surface area contributed by atoms with E-state index in [1.165, 1.54) is 32.4 Å². The summed E-state index contributed by atoms with van der Waals surface area (Å²) in [6.07, 6.45) is 3.96. The molecule has 0 unspecified atom stereocenters. The van der Waals surface area contributed by atoms with Gasteiger partial charge in [0.1, 0.15) is 0 Å². The zero-order valence-corrected chi connectivity index (χ0v) is 16.0. The van der Waals surface area contributed by atoms with Crippen molar-refractivity contribution in [2.75, 3.05) is 25.0 Å². The highest BCUT2D eigenvalue weighted by atomic mass is 35.5. The highest BCUT2D eigenvalue weighted by Gasteiger charge is 2.18. The van der Waals surface area contributed by atoms with Crippen LogP contribution < -0.4 is 10.2 Å². The van der Waals surface area contributed by atoms with Crippen LogP contribution in [0, 0.1) is 0 Å². The molecular formula is C21H24ClN4O+. The molecule has 1 amide bonds. The molecule has 0 spiro atoms. The van der Waals surface area contributed by atoms with E-state index in [-0.39, 0.29) is 5.91 Å². The number of rotatable bonds is 5. The van der Waals surface area contributed by atoms with E-state index in [1.54, 1.807) is 29.2 Å². The Labute approximate surface area is 163 Å². The number of carbonyl (C=O) groups excluding carboxylic acids is 1. The number of imidazole rings is 1. The van der Waals surface area contributed by atoms with Gasteiger partial charge in [0.2, 0.25) is 5.95 Å². The Kier molecular flexibility index (Phi) is 5.41. The van der Waals surface area contributed by atoms with Crippen molar-refractivity contribution in [3.63, 3.8) is 0 Å². The second-order valence-corrected chi connectivity index (χ2v) is 7.53. The van der Waals surface area contributed by atoms with Crippen LogP contribution in [0.3, 0.4) is 0 Å². The highest BCUT2D eigenvalue weighted by Crippen LogP contribution is 2.20. The molecular weight excluding hydrogens is 360 g/mol. The van der Waals surface area contributed by atoms with Crippen LogP contribution >= 0.6 is 11.6 Å². The molecule has 2 aromatic carbocycles. The molecule has 140 valence electrons. The minimum Gasteiger partial charge on any atom is -0.333 e. The number of amides is 1. The van der Waals surface area contributed by atoms with Crippen LogP contribution in [0.4, 0.5) is 5.95 Å². The molecule has 1 fully saturated rings. The van der Waals surface area contributed by atoms with E-state index in [0.717, 1.165) is 24.1 Å². The van der Waals surface area contributed by atoms with Crippen molar-refractivity contribution in [2.24, 2.45) is 0 Å². The number of carbonyl (C=O) groups is 1. The molecule has 0 aliphatic carbocycles. The molecule has 0 saturated carbocycles. The fourth-order valence-corrected chi connectivity index (χ4v) is 3.87. The topological polar surface area (TPSA) is 51.4 Å². The van der Waals surface area contributed by atoms with E-state index >= 15 is 0 Å². The van der Waals surface area contributed by atoms with Gasteiger partial charge in [-0.1, -0.05) is 23.7 Å². The number of piperidine rings is 1. The van der Waals surface area contributed by atoms with Crippen molar-refractivity contribution in [1.29, 1.82) is 0 Å². The van der Waals surface area contributed by atoms with Gasteiger partial charge in [-0.05, 0) is 55.7 Å². The van der Waals surface area contributed by atoms with Crippen molar-refractivity contribution >= 4 is 34.5 Å². The first kappa shape index (κ1) is 18.0. The standard InChI is InChI=1S/C21H23ClN4O/c22-17-10-8-16(9-11-17)20(27)24-21-23-18-6-2-3-7-19(18)26(21)15-14-25-12-4-1-5-13-25/h2-3,6-11H,1,4-5,12-15H2,(H,23,24,27)/p+1. The summed E-state index contributed by atoms with van der Waals surface area (Å²) in [5, 5.41) is 3.60. The third kappa shape index (κ3) is 4.15. The smallest absolute Gasteiger partial charge is 0.257 e. The van der Waals surface area contributed by atoms with Crippen molar-refractivity contribution in [3.8, 4) is 0 Å². The first-order chi connectivity index (χ1) is 13.2. The molecule has 0 bridgehead atoms. The number of nitrogens with one attached hydrogen (secondary N) is 2. The van der Waals surface area contributed by atoms with Gasteiger partial charge in [-0.15, -0.1) is 0 Å². The number of halogens is 1. The van der Waals surface area contributed by atoms with Crippen molar-refractivity contribution in [1.82, 2.24) is 9.55 Å². The lowest BCUT2D eigenvalue weighted by Gasteiger charge is -2.24.